The van der Waals surface area contributed by atoms with Crippen LogP contribution in [-0.4, -0.2) is 20.7 Å². The summed E-state index contributed by atoms with van der Waals surface area (Å²) < 4.78 is 31.7. The predicted molar refractivity (Wildman–Crippen MR) is 86.0 cm³/mol. The van der Waals surface area contributed by atoms with E-state index in [1.807, 2.05) is 29.3 Å². The second kappa shape index (κ2) is 5.42. The van der Waals surface area contributed by atoms with E-state index in [-0.39, 0.29) is 0 Å². The van der Waals surface area contributed by atoms with Crippen LogP contribution >= 0.6 is 12.2 Å². The van der Waals surface area contributed by atoms with Crippen LogP contribution in [0.5, 0.6) is 0 Å². The fourth-order valence-corrected chi connectivity index (χ4v) is 3.35. The number of nitrogens with zero attached hydrogens (tertiary/aromatic N) is 4. The minimum absolute atomic E-state index is 0.343. The molecule has 0 bridgehead atoms. The van der Waals surface area contributed by atoms with Crippen molar-refractivity contribution >= 4 is 23.6 Å². The molecule has 0 N–H and O–H groups in total. The lowest BCUT2D eigenvalue weighted by molar-refractivity contribution is 0.518. The molecule has 4 nitrogen and oxygen atoms in total. The third-order valence-electron chi connectivity index (χ3n) is 4.09. The first-order valence-electron chi connectivity index (χ1n) is 7.40. The summed E-state index contributed by atoms with van der Waals surface area (Å²) in [6, 6.07) is 7.98. The van der Waals surface area contributed by atoms with Crippen molar-refractivity contribution < 1.29 is 8.78 Å². The fraction of sp³-hybridized carbons (Fsp3) is 0.250. The van der Waals surface area contributed by atoms with Gasteiger partial charge in [-0.05, 0) is 48.8 Å². The molecule has 0 amide bonds. The summed E-state index contributed by atoms with van der Waals surface area (Å²) >= 11 is 5.43. The van der Waals surface area contributed by atoms with Crippen molar-refractivity contribution in [2.24, 2.45) is 0 Å². The Bertz CT molecular complexity index is 947. The molecule has 23 heavy (non-hydrogen) atoms. The molecule has 0 atom stereocenters. The molecule has 3 heterocycles. The molecule has 0 fully saturated rings. The number of hydrogen-bond acceptors (Lipinski definition) is 3. The van der Waals surface area contributed by atoms with Gasteiger partial charge >= 0.3 is 0 Å². The molecular formula is C16H14F2N4S. The zero-order chi connectivity index (χ0) is 16.0. The molecule has 3 aromatic rings. The van der Waals surface area contributed by atoms with E-state index < -0.39 is 11.6 Å². The molecule has 0 unspecified atom stereocenters. The largest absolute Gasteiger partial charge is 0.349 e. The third kappa shape index (κ3) is 2.41. The molecule has 7 heteroatoms. The van der Waals surface area contributed by atoms with Crippen molar-refractivity contribution in [3.05, 3.63) is 58.5 Å². The van der Waals surface area contributed by atoms with Crippen LogP contribution in [0.25, 0.3) is 5.65 Å². The average Bonchev–Trinajstić information content (AvgIpc) is 2.83. The highest BCUT2D eigenvalue weighted by Crippen LogP contribution is 2.31. The van der Waals surface area contributed by atoms with Gasteiger partial charge in [-0.3, -0.25) is 4.40 Å². The summed E-state index contributed by atoms with van der Waals surface area (Å²) in [6.45, 7) is 1.03. The van der Waals surface area contributed by atoms with E-state index >= 15 is 0 Å². The molecule has 4 rings (SSSR count). The van der Waals surface area contributed by atoms with Crippen LogP contribution < -0.4 is 4.90 Å². The monoisotopic (exact) mass is 332 g/mol. The standard InChI is InChI=1S/C16H14F2N4S/c17-12-8-11-4-3-6-20(15(11)13(18)9-12)10-22-16(23)21-7-2-1-5-14(21)19-22/h1-2,5,7-9H,3-4,6,10H2. The first-order valence-corrected chi connectivity index (χ1v) is 7.81. The second-order valence-corrected chi connectivity index (χ2v) is 5.98. The number of benzene rings is 1. The molecular weight excluding hydrogens is 318 g/mol. The number of anilines is 1. The van der Waals surface area contributed by atoms with E-state index in [1.165, 1.54) is 6.07 Å². The fourth-order valence-electron chi connectivity index (χ4n) is 3.10. The van der Waals surface area contributed by atoms with Gasteiger partial charge in [-0.1, -0.05) is 6.07 Å². The molecule has 0 radical (unpaired) electrons. The Kier molecular flexibility index (Phi) is 3.37. The smallest absolute Gasteiger partial charge is 0.204 e. The SMILES string of the molecule is Fc1cc(F)c2c(c1)CCCN2Cn1nc2ccccn2c1=S. The first-order chi connectivity index (χ1) is 11.1. The van der Waals surface area contributed by atoms with Gasteiger partial charge in [-0.2, -0.15) is 5.10 Å². The maximum atomic E-state index is 14.2. The number of rotatable bonds is 2. The topological polar surface area (TPSA) is 25.5 Å². The number of aromatic nitrogens is 3. The molecule has 1 aliphatic heterocycles. The van der Waals surface area contributed by atoms with Crippen molar-refractivity contribution in [1.29, 1.82) is 0 Å². The maximum Gasteiger partial charge on any atom is 0.204 e. The number of fused-ring (bicyclic) bond motifs is 2. The van der Waals surface area contributed by atoms with E-state index in [0.717, 1.165) is 18.1 Å². The van der Waals surface area contributed by atoms with Crippen LogP contribution in [0.1, 0.15) is 12.0 Å². The zero-order valence-electron chi connectivity index (χ0n) is 12.2. The van der Waals surface area contributed by atoms with Crippen LogP contribution in [0.3, 0.4) is 0 Å². The second-order valence-electron chi connectivity index (χ2n) is 5.61. The van der Waals surface area contributed by atoms with Gasteiger partial charge in [0.1, 0.15) is 18.3 Å². The van der Waals surface area contributed by atoms with Crippen LogP contribution in [-0.2, 0) is 13.1 Å². The highest BCUT2D eigenvalue weighted by atomic mass is 32.1. The molecule has 1 aromatic carbocycles. The highest BCUT2D eigenvalue weighted by molar-refractivity contribution is 7.71. The summed E-state index contributed by atoms with van der Waals surface area (Å²) in [5, 5.41) is 4.46. The lowest BCUT2D eigenvalue weighted by Crippen LogP contribution is -2.33. The van der Waals surface area contributed by atoms with E-state index in [9.17, 15) is 8.78 Å². The Morgan fingerprint density at radius 3 is 2.91 bits per heavy atom. The zero-order valence-corrected chi connectivity index (χ0v) is 13.1. The summed E-state index contributed by atoms with van der Waals surface area (Å²) in [5.41, 5.74) is 1.90. The lowest BCUT2D eigenvalue weighted by atomic mass is 10.0. The molecule has 0 saturated carbocycles. The van der Waals surface area contributed by atoms with Gasteiger partial charge < -0.3 is 4.90 Å². The Morgan fingerprint density at radius 1 is 1.22 bits per heavy atom. The summed E-state index contributed by atoms with van der Waals surface area (Å²) in [5.74, 6) is -1.07. The molecule has 2 aromatic heterocycles. The summed E-state index contributed by atoms with van der Waals surface area (Å²) in [4.78, 5) is 1.87. The van der Waals surface area contributed by atoms with Crippen molar-refractivity contribution in [2.45, 2.75) is 19.5 Å². The van der Waals surface area contributed by atoms with Gasteiger partial charge in [0.05, 0.1) is 5.69 Å². The Morgan fingerprint density at radius 2 is 2.09 bits per heavy atom. The Balaban J connectivity index is 1.76. The van der Waals surface area contributed by atoms with Gasteiger partial charge in [0.25, 0.3) is 0 Å². The van der Waals surface area contributed by atoms with E-state index in [2.05, 4.69) is 5.10 Å². The number of aryl methyl sites for hydroxylation is 1. The Hall–Kier alpha value is -2.28. The molecule has 0 aliphatic carbocycles. The van der Waals surface area contributed by atoms with Crippen molar-refractivity contribution in [3.63, 3.8) is 0 Å². The average molecular weight is 332 g/mol. The highest BCUT2D eigenvalue weighted by Gasteiger charge is 2.22. The van der Waals surface area contributed by atoms with Gasteiger partial charge in [0.15, 0.2) is 5.65 Å². The number of halogens is 2. The van der Waals surface area contributed by atoms with Crippen molar-refractivity contribution in [1.82, 2.24) is 14.2 Å². The van der Waals surface area contributed by atoms with Crippen LogP contribution in [0.2, 0.25) is 0 Å². The van der Waals surface area contributed by atoms with Crippen LogP contribution in [0, 0.1) is 16.4 Å². The predicted octanol–water partition coefficient (Wildman–Crippen LogP) is 3.55. The van der Waals surface area contributed by atoms with Gasteiger partial charge in [0.2, 0.25) is 4.77 Å². The molecule has 1 aliphatic rings. The Labute approximate surface area is 136 Å². The van der Waals surface area contributed by atoms with E-state index in [1.54, 1.807) is 9.08 Å². The van der Waals surface area contributed by atoms with Gasteiger partial charge in [-0.25, -0.2) is 13.5 Å². The maximum absolute atomic E-state index is 14.2. The van der Waals surface area contributed by atoms with Crippen LogP contribution in [0.15, 0.2) is 36.5 Å². The minimum atomic E-state index is -0.535. The third-order valence-corrected chi connectivity index (χ3v) is 4.50. The molecule has 0 saturated heterocycles. The molecule has 118 valence electrons. The van der Waals surface area contributed by atoms with Gasteiger partial charge in [-0.15, -0.1) is 0 Å². The summed E-state index contributed by atoms with van der Waals surface area (Å²) in [6.07, 6.45) is 3.37. The lowest BCUT2D eigenvalue weighted by Gasteiger charge is -2.31. The quantitative estimate of drug-likeness (QED) is 0.671. The number of pyridine rings is 1. The summed E-state index contributed by atoms with van der Waals surface area (Å²) in [7, 11) is 0. The van der Waals surface area contributed by atoms with Gasteiger partial charge in [0, 0.05) is 18.8 Å². The normalized spacial score (nSPS) is 14.3. The molecule has 0 spiro atoms. The number of hydrogen-bond donors (Lipinski definition) is 0. The van der Waals surface area contributed by atoms with E-state index in [4.69, 9.17) is 12.2 Å². The van der Waals surface area contributed by atoms with Crippen molar-refractivity contribution in [3.8, 4) is 0 Å². The van der Waals surface area contributed by atoms with Crippen molar-refractivity contribution in [2.75, 3.05) is 11.4 Å². The minimum Gasteiger partial charge on any atom is -0.349 e. The van der Waals surface area contributed by atoms with Crippen LogP contribution in [0.4, 0.5) is 14.5 Å². The first kappa shape index (κ1) is 14.3. The van der Waals surface area contributed by atoms with E-state index in [0.29, 0.717) is 35.7 Å².